The highest BCUT2D eigenvalue weighted by Gasteiger charge is 2.15. The monoisotopic (exact) mass is 346 g/mol. The molecule has 2 aromatic rings. The summed E-state index contributed by atoms with van der Waals surface area (Å²) in [5.41, 5.74) is 5.50. The lowest BCUT2D eigenvalue weighted by Crippen LogP contribution is -2.48. The number of hydrazine groups is 1. The summed E-state index contributed by atoms with van der Waals surface area (Å²) in [5.74, 6) is -0.546. The summed E-state index contributed by atoms with van der Waals surface area (Å²) < 4.78 is 23.5. The number of carbonyl (C=O) groups excluding carboxylic acids is 2. The number of rotatable bonds is 6. The number of hydrogen-bond donors (Lipinski definition) is 2. The summed E-state index contributed by atoms with van der Waals surface area (Å²) in [6.07, 6.45) is -0.872. The fraction of sp³-hybridized carbons (Fsp3) is 0.222. The predicted molar refractivity (Wildman–Crippen MR) is 89.4 cm³/mol. The Balaban J connectivity index is 1.72. The molecule has 7 heteroatoms. The van der Waals surface area contributed by atoms with Crippen molar-refractivity contribution in [3.63, 3.8) is 0 Å². The number of halogens is 1. The highest BCUT2D eigenvalue weighted by Crippen LogP contribution is 2.13. The Hall–Kier alpha value is -3.09. The fourth-order valence-electron chi connectivity index (χ4n) is 1.89. The van der Waals surface area contributed by atoms with Gasteiger partial charge in [-0.2, -0.15) is 0 Å². The second-order valence-electron chi connectivity index (χ2n) is 5.36. The summed E-state index contributed by atoms with van der Waals surface area (Å²) in [7, 11) is 0. The van der Waals surface area contributed by atoms with E-state index in [4.69, 9.17) is 9.47 Å². The van der Waals surface area contributed by atoms with Crippen molar-refractivity contribution in [2.24, 2.45) is 0 Å². The molecule has 25 heavy (non-hydrogen) atoms. The lowest BCUT2D eigenvalue weighted by atomic mass is 10.2. The molecule has 2 N–H and O–H groups in total. The van der Waals surface area contributed by atoms with Gasteiger partial charge in [-0.25, -0.2) is 4.39 Å². The molecule has 1 atom stereocenters. The first-order chi connectivity index (χ1) is 11.9. The van der Waals surface area contributed by atoms with Crippen molar-refractivity contribution in [1.82, 2.24) is 10.9 Å². The van der Waals surface area contributed by atoms with Crippen molar-refractivity contribution in [1.29, 1.82) is 0 Å². The number of hydrogen-bond acceptors (Lipinski definition) is 4. The molecule has 0 saturated carbocycles. The lowest BCUT2D eigenvalue weighted by molar-refractivity contribution is -0.133. The second-order valence-corrected chi connectivity index (χ2v) is 5.36. The Morgan fingerprint density at radius 3 is 2.48 bits per heavy atom. The van der Waals surface area contributed by atoms with E-state index in [-0.39, 0.29) is 6.61 Å². The molecular formula is C18H19FN2O4. The van der Waals surface area contributed by atoms with E-state index >= 15 is 0 Å². The molecule has 0 aliphatic carbocycles. The quantitative estimate of drug-likeness (QED) is 0.786. The topological polar surface area (TPSA) is 76.7 Å². The van der Waals surface area contributed by atoms with E-state index in [0.717, 1.165) is 5.56 Å². The van der Waals surface area contributed by atoms with Gasteiger partial charge in [0, 0.05) is 0 Å². The number of carbonyl (C=O) groups is 2. The molecule has 1 unspecified atom stereocenters. The fourth-order valence-corrected chi connectivity index (χ4v) is 1.89. The summed E-state index contributed by atoms with van der Waals surface area (Å²) in [5, 5.41) is 0. The Morgan fingerprint density at radius 1 is 1.08 bits per heavy atom. The molecule has 2 aromatic carbocycles. The average Bonchev–Trinajstić information content (AvgIpc) is 2.60. The zero-order chi connectivity index (χ0) is 18.2. The van der Waals surface area contributed by atoms with E-state index < -0.39 is 23.7 Å². The van der Waals surface area contributed by atoms with Crippen molar-refractivity contribution in [2.75, 3.05) is 6.61 Å². The van der Waals surface area contributed by atoms with Gasteiger partial charge in [-0.15, -0.1) is 0 Å². The van der Waals surface area contributed by atoms with Crippen LogP contribution in [0.2, 0.25) is 0 Å². The maximum Gasteiger partial charge on any atom is 0.279 e. The molecule has 0 heterocycles. The Morgan fingerprint density at radius 2 is 1.80 bits per heavy atom. The molecule has 6 nitrogen and oxygen atoms in total. The van der Waals surface area contributed by atoms with Gasteiger partial charge in [0.2, 0.25) is 0 Å². The van der Waals surface area contributed by atoms with Gasteiger partial charge in [-0.05, 0) is 55.8 Å². The summed E-state index contributed by atoms with van der Waals surface area (Å²) in [6, 6.07) is 12.5. The van der Waals surface area contributed by atoms with E-state index in [9.17, 15) is 14.0 Å². The molecule has 2 rings (SSSR count). The number of amides is 2. The van der Waals surface area contributed by atoms with E-state index in [1.807, 2.05) is 19.1 Å². The van der Waals surface area contributed by atoms with Crippen LogP contribution in [0.1, 0.15) is 12.5 Å². The molecule has 0 spiro atoms. The first-order valence-corrected chi connectivity index (χ1v) is 7.64. The Bertz CT molecular complexity index is 734. The van der Waals surface area contributed by atoms with Gasteiger partial charge < -0.3 is 9.47 Å². The first kappa shape index (κ1) is 18.3. The van der Waals surface area contributed by atoms with Gasteiger partial charge in [0.1, 0.15) is 17.3 Å². The van der Waals surface area contributed by atoms with Crippen LogP contribution in [-0.4, -0.2) is 24.5 Å². The average molecular weight is 346 g/mol. The van der Waals surface area contributed by atoms with Crippen molar-refractivity contribution < 1.29 is 23.5 Å². The van der Waals surface area contributed by atoms with Gasteiger partial charge in [0.15, 0.2) is 12.7 Å². The van der Waals surface area contributed by atoms with Crippen LogP contribution in [0.15, 0.2) is 48.5 Å². The molecule has 0 aliphatic rings. The van der Waals surface area contributed by atoms with Crippen molar-refractivity contribution in [2.45, 2.75) is 20.0 Å². The van der Waals surface area contributed by atoms with Crippen LogP contribution in [-0.2, 0) is 9.59 Å². The first-order valence-electron chi connectivity index (χ1n) is 7.64. The van der Waals surface area contributed by atoms with E-state index in [1.165, 1.54) is 31.2 Å². The molecule has 2 amide bonds. The van der Waals surface area contributed by atoms with Crippen LogP contribution in [0.3, 0.4) is 0 Å². The van der Waals surface area contributed by atoms with Crippen LogP contribution in [0.5, 0.6) is 11.5 Å². The molecule has 0 fully saturated rings. The maximum atomic E-state index is 12.8. The van der Waals surface area contributed by atoms with Crippen LogP contribution < -0.4 is 20.3 Å². The van der Waals surface area contributed by atoms with Crippen LogP contribution in [0.25, 0.3) is 0 Å². The van der Waals surface area contributed by atoms with Crippen molar-refractivity contribution in [3.05, 3.63) is 59.9 Å². The van der Waals surface area contributed by atoms with Gasteiger partial charge in [0.05, 0.1) is 0 Å². The number of aryl methyl sites for hydroxylation is 1. The largest absolute Gasteiger partial charge is 0.484 e. The minimum atomic E-state index is -0.872. The number of benzene rings is 2. The molecule has 0 aromatic heterocycles. The van der Waals surface area contributed by atoms with Gasteiger partial charge in [0.25, 0.3) is 11.8 Å². The van der Waals surface area contributed by atoms with Crippen LogP contribution >= 0.6 is 0 Å². The normalized spacial score (nSPS) is 11.3. The second kappa shape index (κ2) is 8.68. The standard InChI is InChI=1S/C18H19FN2O4/c1-12-4-3-5-16(10-12)24-11-17(22)20-21-18(23)13(2)25-15-8-6-14(19)7-9-15/h3-10,13H,11H2,1-2H3,(H,20,22)(H,21,23). The molecule has 0 radical (unpaired) electrons. The molecule has 132 valence electrons. The number of ether oxygens (including phenoxy) is 2. The van der Waals surface area contributed by atoms with E-state index in [0.29, 0.717) is 11.5 Å². The lowest BCUT2D eigenvalue weighted by Gasteiger charge is -2.15. The summed E-state index contributed by atoms with van der Waals surface area (Å²) in [4.78, 5) is 23.6. The highest BCUT2D eigenvalue weighted by atomic mass is 19.1. The predicted octanol–water partition coefficient (Wildman–Crippen LogP) is 2.13. The van der Waals surface area contributed by atoms with Crippen LogP contribution in [0.4, 0.5) is 4.39 Å². The van der Waals surface area contributed by atoms with Crippen molar-refractivity contribution >= 4 is 11.8 Å². The molecule has 0 saturated heterocycles. The highest BCUT2D eigenvalue weighted by molar-refractivity contribution is 5.85. The maximum absolute atomic E-state index is 12.8. The Kier molecular flexibility index (Phi) is 6.33. The SMILES string of the molecule is Cc1cccc(OCC(=O)NNC(=O)C(C)Oc2ccc(F)cc2)c1. The minimum absolute atomic E-state index is 0.239. The third-order valence-electron chi connectivity index (χ3n) is 3.18. The zero-order valence-corrected chi connectivity index (χ0v) is 13.9. The van der Waals surface area contributed by atoms with Gasteiger partial charge >= 0.3 is 0 Å². The molecule has 0 aliphatic heterocycles. The zero-order valence-electron chi connectivity index (χ0n) is 13.9. The summed E-state index contributed by atoms with van der Waals surface area (Å²) >= 11 is 0. The van der Waals surface area contributed by atoms with Crippen molar-refractivity contribution in [3.8, 4) is 11.5 Å². The van der Waals surface area contributed by atoms with Gasteiger partial charge in [-0.1, -0.05) is 12.1 Å². The van der Waals surface area contributed by atoms with E-state index in [1.54, 1.807) is 12.1 Å². The third kappa shape index (κ3) is 6.14. The van der Waals surface area contributed by atoms with Gasteiger partial charge in [-0.3, -0.25) is 20.4 Å². The van der Waals surface area contributed by atoms with Crippen LogP contribution in [0, 0.1) is 12.7 Å². The Labute approximate surface area is 144 Å². The smallest absolute Gasteiger partial charge is 0.279 e. The summed E-state index contributed by atoms with van der Waals surface area (Å²) in [6.45, 7) is 3.18. The molecular weight excluding hydrogens is 327 g/mol. The number of nitrogens with one attached hydrogen (secondary N) is 2. The van der Waals surface area contributed by atoms with E-state index in [2.05, 4.69) is 10.9 Å². The molecule has 0 bridgehead atoms. The third-order valence-corrected chi connectivity index (χ3v) is 3.18. The minimum Gasteiger partial charge on any atom is -0.484 e.